The Kier molecular flexibility index (Phi) is 64.7. The lowest BCUT2D eigenvalue weighted by Gasteiger charge is -2.18. The van der Waals surface area contributed by atoms with E-state index < -0.39 is 6.10 Å². The van der Waals surface area contributed by atoms with Crippen LogP contribution in [0.25, 0.3) is 0 Å². The molecule has 6 heteroatoms. The van der Waals surface area contributed by atoms with Crippen LogP contribution < -0.4 is 0 Å². The van der Waals surface area contributed by atoms with E-state index in [2.05, 4.69) is 118 Å². The number of hydrogen-bond donors (Lipinski definition) is 0. The van der Waals surface area contributed by atoms with E-state index in [1.165, 1.54) is 161 Å². The molecule has 0 spiro atoms. The lowest BCUT2D eigenvalue weighted by atomic mass is 10.0. The highest BCUT2D eigenvalue weighted by atomic mass is 16.6. The number of carbonyl (C=O) groups is 3. The number of hydrogen-bond acceptors (Lipinski definition) is 6. The Labute approximate surface area is 496 Å². The molecule has 0 aliphatic carbocycles. The van der Waals surface area contributed by atoms with Gasteiger partial charge in [0.05, 0.1) is 0 Å². The molecule has 460 valence electrons. The second-order valence-corrected chi connectivity index (χ2v) is 22.7. The molecule has 0 aromatic carbocycles. The summed E-state index contributed by atoms with van der Waals surface area (Å²) in [4.78, 5) is 38.4. The van der Waals surface area contributed by atoms with Crippen molar-refractivity contribution in [1.82, 2.24) is 0 Å². The predicted molar refractivity (Wildman–Crippen MR) is 348 cm³/mol. The highest BCUT2D eigenvalue weighted by molar-refractivity contribution is 5.71. The van der Waals surface area contributed by atoms with Gasteiger partial charge in [-0.05, 0) is 96.3 Å². The van der Waals surface area contributed by atoms with Gasteiger partial charge in [-0.1, -0.05) is 317 Å². The van der Waals surface area contributed by atoms with Crippen LogP contribution in [-0.2, 0) is 28.6 Å². The number of allylic oxidation sites excluding steroid dienone is 16. The number of ether oxygens (including phenoxy) is 3. The Balaban J connectivity index is 4.37. The first kappa shape index (κ1) is 76.3. The van der Waals surface area contributed by atoms with Crippen LogP contribution in [0, 0.1) is 0 Å². The molecule has 0 saturated heterocycles. The highest BCUT2D eigenvalue weighted by Crippen LogP contribution is 2.17. The molecule has 0 aromatic rings. The molecular weight excluding hydrogens is 985 g/mol. The fourth-order valence-electron chi connectivity index (χ4n) is 9.78. The van der Waals surface area contributed by atoms with Gasteiger partial charge in [-0.15, -0.1) is 0 Å². The van der Waals surface area contributed by atoms with Gasteiger partial charge in [0.15, 0.2) is 6.10 Å². The van der Waals surface area contributed by atoms with Gasteiger partial charge >= 0.3 is 17.9 Å². The third kappa shape index (κ3) is 65.1. The summed E-state index contributed by atoms with van der Waals surface area (Å²) in [5, 5.41) is 0. The maximum Gasteiger partial charge on any atom is 0.306 e. The van der Waals surface area contributed by atoms with Gasteiger partial charge in [0, 0.05) is 19.3 Å². The van der Waals surface area contributed by atoms with E-state index in [-0.39, 0.29) is 31.1 Å². The number of rotatable bonds is 62. The topological polar surface area (TPSA) is 78.9 Å². The summed E-state index contributed by atoms with van der Waals surface area (Å²) in [6.07, 6.45) is 91.4. The van der Waals surface area contributed by atoms with Crippen molar-refractivity contribution in [3.05, 3.63) is 97.2 Å². The van der Waals surface area contributed by atoms with Crippen molar-refractivity contribution in [2.45, 2.75) is 341 Å². The second kappa shape index (κ2) is 67.8. The van der Waals surface area contributed by atoms with E-state index in [9.17, 15) is 14.4 Å². The van der Waals surface area contributed by atoms with Crippen molar-refractivity contribution in [3.63, 3.8) is 0 Å². The van der Waals surface area contributed by atoms with Gasteiger partial charge < -0.3 is 14.2 Å². The molecule has 0 heterocycles. The first-order chi connectivity index (χ1) is 39.5. The van der Waals surface area contributed by atoms with Crippen molar-refractivity contribution in [2.75, 3.05) is 13.2 Å². The van der Waals surface area contributed by atoms with Gasteiger partial charge in [-0.25, -0.2) is 0 Å². The summed E-state index contributed by atoms with van der Waals surface area (Å²) in [5.41, 5.74) is 0. The summed E-state index contributed by atoms with van der Waals surface area (Å²) < 4.78 is 17.0. The van der Waals surface area contributed by atoms with E-state index in [0.29, 0.717) is 19.3 Å². The van der Waals surface area contributed by atoms with Crippen molar-refractivity contribution >= 4 is 17.9 Å². The zero-order chi connectivity index (χ0) is 57.8. The average Bonchev–Trinajstić information content (AvgIpc) is 3.46. The Hall–Kier alpha value is -3.67. The van der Waals surface area contributed by atoms with E-state index in [1.54, 1.807) is 0 Å². The van der Waals surface area contributed by atoms with Crippen molar-refractivity contribution in [1.29, 1.82) is 0 Å². The summed E-state index contributed by atoms with van der Waals surface area (Å²) in [6, 6.07) is 0. The number of esters is 3. The van der Waals surface area contributed by atoms with Crippen molar-refractivity contribution in [2.24, 2.45) is 0 Å². The van der Waals surface area contributed by atoms with E-state index in [0.717, 1.165) is 135 Å². The van der Waals surface area contributed by atoms with Crippen LogP contribution >= 0.6 is 0 Å². The zero-order valence-corrected chi connectivity index (χ0v) is 52.8. The molecule has 0 aliphatic heterocycles. The molecule has 80 heavy (non-hydrogen) atoms. The van der Waals surface area contributed by atoms with Crippen LogP contribution in [0.5, 0.6) is 0 Å². The molecule has 6 nitrogen and oxygen atoms in total. The smallest absolute Gasteiger partial charge is 0.306 e. The Morgan fingerprint density at radius 2 is 0.487 bits per heavy atom. The minimum absolute atomic E-state index is 0.0859. The molecular formula is C74H128O6. The second-order valence-electron chi connectivity index (χ2n) is 22.7. The zero-order valence-electron chi connectivity index (χ0n) is 52.8. The van der Waals surface area contributed by atoms with Crippen LogP contribution in [0.15, 0.2) is 97.2 Å². The van der Waals surface area contributed by atoms with E-state index in [1.807, 2.05) is 0 Å². The molecule has 0 amide bonds. The first-order valence-electron chi connectivity index (χ1n) is 34.2. The standard InChI is InChI=1S/C74H128O6/c1-4-7-10-13-16-19-22-25-28-31-34-35-36-37-38-41-43-46-49-52-55-58-61-64-67-73(76)79-70-71(80-74(77)68-65-62-59-56-53-50-47-44-40-33-30-27-24-21-18-15-12-9-6-3)69-78-72(75)66-63-60-57-54-51-48-45-42-39-32-29-26-23-20-17-14-11-8-5-2/h8-9,11-12,17-18,20-21,26-27,29-30,39-40,42,44,71H,4-7,10,13-16,19,22-25,28,31-38,41,43,45-70H2,1-3H3/b11-8-,12-9-,20-17-,21-18-,29-26-,30-27-,42-39-,44-40-. The quantitative estimate of drug-likeness (QED) is 0.0261. The molecule has 0 bridgehead atoms. The fraction of sp³-hybridized carbons (Fsp3) is 0.743. The minimum Gasteiger partial charge on any atom is -0.462 e. The molecule has 0 fully saturated rings. The van der Waals surface area contributed by atoms with Crippen molar-refractivity contribution < 1.29 is 28.6 Å². The lowest BCUT2D eigenvalue weighted by molar-refractivity contribution is -0.167. The minimum atomic E-state index is -0.793. The SMILES string of the molecule is CC/C=C\C/C=C\C/C=C\C/C=C\CCCCCCCCC(=O)OCC(COC(=O)CCCCCCCCCCCCCCCCCCCCCCCCCC)OC(=O)CCCCCCCC/C=C\C/C=C\C/C=C\C/C=C\CC. The Morgan fingerprint density at radius 1 is 0.263 bits per heavy atom. The molecule has 0 N–H and O–H groups in total. The van der Waals surface area contributed by atoms with Crippen LogP contribution in [0.3, 0.4) is 0 Å². The van der Waals surface area contributed by atoms with Gasteiger partial charge in [0.1, 0.15) is 13.2 Å². The predicted octanol–water partition coefficient (Wildman–Crippen LogP) is 23.6. The lowest BCUT2D eigenvalue weighted by Crippen LogP contribution is -2.30. The van der Waals surface area contributed by atoms with Crippen LogP contribution in [0.4, 0.5) is 0 Å². The van der Waals surface area contributed by atoms with E-state index >= 15 is 0 Å². The molecule has 0 aliphatic rings. The summed E-state index contributed by atoms with van der Waals surface area (Å²) in [7, 11) is 0. The summed E-state index contributed by atoms with van der Waals surface area (Å²) in [6.45, 7) is 6.44. The Bertz CT molecular complexity index is 1560. The third-order valence-corrected chi connectivity index (χ3v) is 14.8. The monoisotopic (exact) mass is 1110 g/mol. The molecule has 1 unspecified atom stereocenters. The van der Waals surface area contributed by atoms with Gasteiger partial charge in [0.2, 0.25) is 0 Å². The summed E-state index contributed by atoms with van der Waals surface area (Å²) in [5.74, 6) is -0.899. The molecule has 0 rings (SSSR count). The van der Waals surface area contributed by atoms with Crippen LogP contribution in [-0.4, -0.2) is 37.2 Å². The average molecular weight is 1110 g/mol. The molecule has 0 radical (unpaired) electrons. The first-order valence-corrected chi connectivity index (χ1v) is 34.2. The maximum atomic E-state index is 12.9. The molecule has 1 atom stereocenters. The Morgan fingerprint density at radius 3 is 0.762 bits per heavy atom. The molecule has 0 aromatic heterocycles. The normalized spacial score (nSPS) is 12.7. The van der Waals surface area contributed by atoms with Gasteiger partial charge in [-0.3, -0.25) is 14.4 Å². The fourth-order valence-corrected chi connectivity index (χ4v) is 9.78. The van der Waals surface area contributed by atoms with Crippen LogP contribution in [0.2, 0.25) is 0 Å². The third-order valence-electron chi connectivity index (χ3n) is 14.8. The van der Waals surface area contributed by atoms with Gasteiger partial charge in [-0.2, -0.15) is 0 Å². The maximum absolute atomic E-state index is 12.9. The molecule has 0 saturated carbocycles. The van der Waals surface area contributed by atoms with Crippen LogP contribution in [0.1, 0.15) is 335 Å². The highest BCUT2D eigenvalue weighted by Gasteiger charge is 2.19. The van der Waals surface area contributed by atoms with Gasteiger partial charge in [0.25, 0.3) is 0 Å². The van der Waals surface area contributed by atoms with E-state index in [4.69, 9.17) is 14.2 Å². The summed E-state index contributed by atoms with van der Waals surface area (Å²) >= 11 is 0. The van der Waals surface area contributed by atoms with Crippen molar-refractivity contribution in [3.8, 4) is 0 Å². The number of unbranched alkanes of at least 4 members (excludes halogenated alkanes) is 35. The largest absolute Gasteiger partial charge is 0.462 e. The number of carbonyl (C=O) groups excluding carboxylic acids is 3.